The van der Waals surface area contributed by atoms with Gasteiger partial charge in [-0.2, -0.15) is 0 Å². The number of hydrogen-bond donors (Lipinski definition) is 1. The van der Waals surface area contributed by atoms with Crippen molar-refractivity contribution in [3.8, 4) is 0 Å². The standard InChI is InChI=1S/C11H20N2O4/c1-3-12(8-10(14)15)11(16)13-6-4-5-9(7-13)17-2/h9H,3-8H2,1-2H3,(H,14,15). The fourth-order valence-electron chi connectivity index (χ4n) is 1.98. The van der Waals surface area contributed by atoms with Gasteiger partial charge >= 0.3 is 12.0 Å². The largest absolute Gasteiger partial charge is 0.480 e. The van der Waals surface area contributed by atoms with Gasteiger partial charge in [0.15, 0.2) is 0 Å². The minimum atomic E-state index is -0.986. The number of methoxy groups -OCH3 is 1. The fourth-order valence-corrected chi connectivity index (χ4v) is 1.98. The number of urea groups is 1. The van der Waals surface area contributed by atoms with E-state index in [1.54, 1.807) is 18.9 Å². The van der Waals surface area contributed by atoms with Gasteiger partial charge in [0.05, 0.1) is 6.10 Å². The monoisotopic (exact) mass is 244 g/mol. The molecule has 6 heteroatoms. The van der Waals surface area contributed by atoms with Crippen LogP contribution in [0, 0.1) is 0 Å². The molecule has 1 fully saturated rings. The first-order valence-corrected chi connectivity index (χ1v) is 5.87. The Hall–Kier alpha value is -1.30. The third-order valence-electron chi connectivity index (χ3n) is 2.96. The van der Waals surface area contributed by atoms with Crippen LogP contribution in [0.5, 0.6) is 0 Å². The average Bonchev–Trinajstić information content (AvgIpc) is 2.35. The number of likely N-dealkylation sites (tertiary alicyclic amines) is 1. The molecule has 0 bridgehead atoms. The summed E-state index contributed by atoms with van der Waals surface area (Å²) in [6.45, 7) is 3.15. The second-order valence-corrected chi connectivity index (χ2v) is 4.14. The Morgan fingerprint density at radius 2 is 2.24 bits per heavy atom. The molecular formula is C11H20N2O4. The van der Waals surface area contributed by atoms with Crippen LogP contribution in [0.4, 0.5) is 4.79 Å². The van der Waals surface area contributed by atoms with E-state index in [-0.39, 0.29) is 18.7 Å². The van der Waals surface area contributed by atoms with E-state index >= 15 is 0 Å². The molecule has 2 amide bonds. The molecule has 1 aliphatic heterocycles. The van der Waals surface area contributed by atoms with Gasteiger partial charge in [-0.3, -0.25) is 4.79 Å². The van der Waals surface area contributed by atoms with Crippen molar-refractivity contribution in [3.63, 3.8) is 0 Å². The van der Waals surface area contributed by atoms with Crippen molar-refractivity contribution in [2.45, 2.75) is 25.9 Å². The Balaban J connectivity index is 2.57. The zero-order valence-corrected chi connectivity index (χ0v) is 10.4. The van der Waals surface area contributed by atoms with Gasteiger partial charge in [0.25, 0.3) is 0 Å². The molecule has 0 saturated carbocycles. The molecule has 0 aliphatic carbocycles. The van der Waals surface area contributed by atoms with E-state index in [0.717, 1.165) is 12.8 Å². The van der Waals surface area contributed by atoms with E-state index < -0.39 is 5.97 Å². The Kier molecular flexibility index (Phi) is 5.21. The van der Waals surface area contributed by atoms with Crippen LogP contribution in [0.15, 0.2) is 0 Å². The Bertz CT molecular complexity index is 283. The highest BCUT2D eigenvalue weighted by Gasteiger charge is 2.27. The molecule has 98 valence electrons. The molecule has 1 unspecified atom stereocenters. The summed E-state index contributed by atoms with van der Waals surface area (Å²) < 4.78 is 5.24. The molecule has 1 heterocycles. The first kappa shape index (κ1) is 13.8. The molecule has 17 heavy (non-hydrogen) atoms. The third-order valence-corrected chi connectivity index (χ3v) is 2.96. The molecule has 0 spiro atoms. The highest BCUT2D eigenvalue weighted by molar-refractivity contribution is 5.80. The molecule has 0 aromatic rings. The van der Waals surface area contributed by atoms with E-state index in [1.807, 2.05) is 0 Å². The molecule has 6 nitrogen and oxygen atoms in total. The zero-order chi connectivity index (χ0) is 12.8. The van der Waals surface area contributed by atoms with E-state index in [1.165, 1.54) is 4.90 Å². The first-order valence-electron chi connectivity index (χ1n) is 5.87. The van der Waals surface area contributed by atoms with Gasteiger partial charge in [-0.1, -0.05) is 0 Å². The lowest BCUT2D eigenvalue weighted by Gasteiger charge is -2.35. The van der Waals surface area contributed by atoms with Crippen LogP contribution >= 0.6 is 0 Å². The van der Waals surface area contributed by atoms with Crippen LogP contribution in [-0.4, -0.2) is 66.3 Å². The number of piperidine rings is 1. The normalized spacial score (nSPS) is 20.1. The van der Waals surface area contributed by atoms with Crippen LogP contribution < -0.4 is 0 Å². The molecule has 1 saturated heterocycles. The molecule has 1 atom stereocenters. The number of likely N-dealkylation sites (N-methyl/N-ethyl adjacent to an activating group) is 1. The minimum Gasteiger partial charge on any atom is -0.480 e. The van der Waals surface area contributed by atoms with Gasteiger partial charge in [0.2, 0.25) is 0 Å². The summed E-state index contributed by atoms with van der Waals surface area (Å²) in [5, 5.41) is 8.72. The maximum Gasteiger partial charge on any atom is 0.323 e. The molecule has 0 aromatic carbocycles. The van der Waals surface area contributed by atoms with Crippen molar-refractivity contribution in [1.29, 1.82) is 0 Å². The van der Waals surface area contributed by atoms with Crippen LogP contribution in [0.2, 0.25) is 0 Å². The average molecular weight is 244 g/mol. The lowest BCUT2D eigenvalue weighted by molar-refractivity contribution is -0.137. The number of carbonyl (C=O) groups is 2. The highest BCUT2D eigenvalue weighted by Crippen LogP contribution is 2.14. The lowest BCUT2D eigenvalue weighted by atomic mass is 10.1. The number of hydrogen-bond acceptors (Lipinski definition) is 3. The molecule has 1 rings (SSSR count). The van der Waals surface area contributed by atoms with Crippen molar-refractivity contribution < 1.29 is 19.4 Å². The summed E-state index contributed by atoms with van der Waals surface area (Å²) in [4.78, 5) is 25.7. The number of aliphatic carboxylic acids is 1. The molecule has 0 aromatic heterocycles. The van der Waals surface area contributed by atoms with Gasteiger partial charge in [0.1, 0.15) is 6.54 Å². The van der Waals surface area contributed by atoms with Crippen LogP contribution in [0.1, 0.15) is 19.8 Å². The third kappa shape index (κ3) is 3.89. The van der Waals surface area contributed by atoms with E-state index in [9.17, 15) is 9.59 Å². The summed E-state index contributed by atoms with van der Waals surface area (Å²) in [5.74, 6) is -0.986. The number of carboxylic acid groups (broad SMARTS) is 1. The van der Waals surface area contributed by atoms with Gasteiger partial charge in [-0.25, -0.2) is 4.79 Å². The highest BCUT2D eigenvalue weighted by atomic mass is 16.5. The van der Waals surface area contributed by atoms with E-state index in [4.69, 9.17) is 9.84 Å². The SMILES string of the molecule is CCN(CC(=O)O)C(=O)N1CCCC(OC)C1. The van der Waals surface area contributed by atoms with Crippen molar-refractivity contribution in [2.24, 2.45) is 0 Å². The van der Waals surface area contributed by atoms with E-state index in [2.05, 4.69) is 0 Å². The number of carbonyl (C=O) groups excluding carboxylic acids is 1. The lowest BCUT2D eigenvalue weighted by Crippen LogP contribution is -2.50. The van der Waals surface area contributed by atoms with Gasteiger partial charge in [-0.15, -0.1) is 0 Å². The Morgan fingerprint density at radius 1 is 1.53 bits per heavy atom. The summed E-state index contributed by atoms with van der Waals surface area (Å²) >= 11 is 0. The number of amides is 2. The first-order chi connectivity index (χ1) is 8.08. The second-order valence-electron chi connectivity index (χ2n) is 4.14. The predicted octanol–water partition coefficient (Wildman–Crippen LogP) is 0.624. The smallest absolute Gasteiger partial charge is 0.323 e. The van der Waals surface area contributed by atoms with Crippen LogP contribution in [0.3, 0.4) is 0 Å². The molecular weight excluding hydrogens is 224 g/mol. The van der Waals surface area contributed by atoms with Crippen LogP contribution in [-0.2, 0) is 9.53 Å². The fraction of sp³-hybridized carbons (Fsp3) is 0.818. The van der Waals surface area contributed by atoms with Crippen molar-refractivity contribution in [1.82, 2.24) is 9.80 Å². The molecule has 1 N–H and O–H groups in total. The summed E-state index contributed by atoms with van der Waals surface area (Å²) in [7, 11) is 1.63. The molecule has 1 aliphatic rings. The van der Waals surface area contributed by atoms with Gasteiger partial charge < -0.3 is 19.6 Å². The Labute approximate surface area is 101 Å². The van der Waals surface area contributed by atoms with Crippen molar-refractivity contribution >= 4 is 12.0 Å². The number of nitrogens with zero attached hydrogens (tertiary/aromatic N) is 2. The Morgan fingerprint density at radius 3 is 2.76 bits per heavy atom. The van der Waals surface area contributed by atoms with Crippen LogP contribution in [0.25, 0.3) is 0 Å². The summed E-state index contributed by atoms with van der Waals surface area (Å²) in [5.41, 5.74) is 0. The quantitative estimate of drug-likeness (QED) is 0.787. The van der Waals surface area contributed by atoms with Gasteiger partial charge in [0, 0.05) is 26.7 Å². The summed E-state index contributed by atoms with van der Waals surface area (Å²) in [6.07, 6.45) is 1.91. The maximum atomic E-state index is 12.1. The van der Waals surface area contributed by atoms with Crippen molar-refractivity contribution in [3.05, 3.63) is 0 Å². The summed E-state index contributed by atoms with van der Waals surface area (Å²) in [6, 6.07) is -0.211. The predicted molar refractivity (Wildman–Crippen MR) is 61.9 cm³/mol. The molecule has 0 radical (unpaired) electrons. The number of ether oxygens (including phenoxy) is 1. The zero-order valence-electron chi connectivity index (χ0n) is 10.4. The second kappa shape index (κ2) is 6.44. The maximum absolute atomic E-state index is 12.1. The van der Waals surface area contributed by atoms with Gasteiger partial charge in [-0.05, 0) is 19.8 Å². The topological polar surface area (TPSA) is 70.1 Å². The van der Waals surface area contributed by atoms with Crippen molar-refractivity contribution in [2.75, 3.05) is 33.3 Å². The number of carboxylic acids is 1. The minimum absolute atomic E-state index is 0.0660. The van der Waals surface area contributed by atoms with E-state index in [0.29, 0.717) is 19.6 Å². The number of rotatable bonds is 4.